The molecule has 2 aromatic rings. The molecule has 0 aliphatic carbocycles. The Bertz CT molecular complexity index is 541. The van der Waals surface area contributed by atoms with E-state index in [9.17, 15) is 0 Å². The molecular formula is C11H19ClN6OS. The third kappa shape index (κ3) is 3.94. The van der Waals surface area contributed by atoms with Crippen LogP contribution in [0.2, 0.25) is 0 Å². The number of thioether (sulfide) groups is 1. The average Bonchev–Trinajstić information content (AvgIpc) is 2.97. The SMILES string of the molecule is CNCc1nnc(SCc2noc(C(C)C)n2)n1C.Cl. The minimum Gasteiger partial charge on any atom is -0.339 e. The first-order valence-corrected chi connectivity index (χ1v) is 7.08. The van der Waals surface area contributed by atoms with Gasteiger partial charge in [0.05, 0.1) is 12.3 Å². The molecular weight excluding hydrogens is 300 g/mol. The monoisotopic (exact) mass is 318 g/mol. The van der Waals surface area contributed by atoms with Gasteiger partial charge in [-0.3, -0.25) is 0 Å². The summed E-state index contributed by atoms with van der Waals surface area (Å²) in [6.45, 7) is 4.75. The zero-order valence-electron chi connectivity index (χ0n) is 12.0. The predicted molar refractivity (Wildman–Crippen MR) is 79.0 cm³/mol. The molecule has 20 heavy (non-hydrogen) atoms. The van der Waals surface area contributed by atoms with Crippen molar-refractivity contribution in [2.24, 2.45) is 7.05 Å². The second-order valence-corrected chi connectivity index (χ2v) is 5.42. The molecule has 0 aliphatic heterocycles. The van der Waals surface area contributed by atoms with Gasteiger partial charge in [-0.05, 0) is 7.05 Å². The zero-order valence-corrected chi connectivity index (χ0v) is 13.6. The van der Waals surface area contributed by atoms with Gasteiger partial charge in [0.25, 0.3) is 0 Å². The predicted octanol–water partition coefficient (Wildman–Crippen LogP) is 1.75. The van der Waals surface area contributed by atoms with Gasteiger partial charge >= 0.3 is 0 Å². The fraction of sp³-hybridized carbons (Fsp3) is 0.636. The molecule has 0 aromatic carbocycles. The maximum absolute atomic E-state index is 5.16. The Hall–Kier alpha value is -1.12. The first-order valence-electron chi connectivity index (χ1n) is 6.10. The summed E-state index contributed by atoms with van der Waals surface area (Å²) in [7, 11) is 3.83. The van der Waals surface area contributed by atoms with Gasteiger partial charge in [0.2, 0.25) is 5.89 Å². The normalized spacial score (nSPS) is 10.8. The topological polar surface area (TPSA) is 81.7 Å². The minimum atomic E-state index is 0. The Kier molecular flexibility index (Phi) is 6.44. The standard InChI is InChI=1S/C11H18N6OS.ClH/c1-7(2)10-13-8(16-18-10)6-19-11-15-14-9(5-12-3)17(11)4;/h7,12H,5-6H2,1-4H3;1H. The van der Waals surface area contributed by atoms with E-state index in [2.05, 4.69) is 25.7 Å². The van der Waals surface area contributed by atoms with Crippen LogP contribution >= 0.6 is 24.2 Å². The van der Waals surface area contributed by atoms with E-state index < -0.39 is 0 Å². The highest BCUT2D eigenvalue weighted by atomic mass is 35.5. The van der Waals surface area contributed by atoms with Crippen LogP contribution in [-0.2, 0) is 19.3 Å². The molecule has 2 aromatic heterocycles. The lowest BCUT2D eigenvalue weighted by Gasteiger charge is -2.01. The van der Waals surface area contributed by atoms with Gasteiger partial charge in [0, 0.05) is 13.0 Å². The van der Waals surface area contributed by atoms with Crippen molar-refractivity contribution in [3.05, 3.63) is 17.5 Å². The van der Waals surface area contributed by atoms with E-state index in [0.717, 1.165) is 11.0 Å². The summed E-state index contributed by atoms with van der Waals surface area (Å²) in [4.78, 5) is 4.33. The molecule has 2 rings (SSSR count). The number of aromatic nitrogens is 5. The van der Waals surface area contributed by atoms with Crippen molar-refractivity contribution in [2.45, 2.75) is 37.2 Å². The van der Waals surface area contributed by atoms with Crippen LogP contribution in [0.3, 0.4) is 0 Å². The number of rotatable bonds is 6. The molecule has 0 saturated heterocycles. The van der Waals surface area contributed by atoms with Crippen LogP contribution in [0.25, 0.3) is 0 Å². The molecule has 2 heterocycles. The van der Waals surface area contributed by atoms with Crippen LogP contribution < -0.4 is 5.32 Å². The van der Waals surface area contributed by atoms with Crippen molar-refractivity contribution in [3.8, 4) is 0 Å². The lowest BCUT2D eigenvalue weighted by atomic mass is 10.2. The fourth-order valence-corrected chi connectivity index (χ4v) is 2.25. The molecule has 112 valence electrons. The van der Waals surface area contributed by atoms with Gasteiger partial charge in [-0.1, -0.05) is 30.8 Å². The molecule has 0 saturated carbocycles. The largest absolute Gasteiger partial charge is 0.339 e. The molecule has 0 radical (unpaired) electrons. The van der Waals surface area contributed by atoms with Crippen LogP contribution in [0.4, 0.5) is 0 Å². The fourth-order valence-electron chi connectivity index (χ4n) is 1.47. The van der Waals surface area contributed by atoms with E-state index in [4.69, 9.17) is 4.52 Å². The summed E-state index contributed by atoms with van der Waals surface area (Å²) in [5.74, 6) is 3.14. The number of hydrogen-bond donors (Lipinski definition) is 1. The average molecular weight is 319 g/mol. The second kappa shape index (κ2) is 7.61. The van der Waals surface area contributed by atoms with Crippen LogP contribution in [0.5, 0.6) is 0 Å². The summed E-state index contributed by atoms with van der Waals surface area (Å²) in [6, 6.07) is 0. The summed E-state index contributed by atoms with van der Waals surface area (Å²) in [5, 5.41) is 16.1. The third-order valence-electron chi connectivity index (χ3n) is 2.57. The molecule has 0 bridgehead atoms. The molecule has 0 unspecified atom stereocenters. The maximum Gasteiger partial charge on any atom is 0.229 e. The molecule has 0 aliphatic rings. The molecule has 7 nitrogen and oxygen atoms in total. The molecule has 0 atom stereocenters. The van der Waals surface area contributed by atoms with E-state index in [0.29, 0.717) is 24.0 Å². The summed E-state index contributed by atoms with van der Waals surface area (Å²) < 4.78 is 7.12. The van der Waals surface area contributed by atoms with Crippen LogP contribution in [0, 0.1) is 0 Å². The Morgan fingerprint density at radius 2 is 2.10 bits per heavy atom. The van der Waals surface area contributed by atoms with Gasteiger partial charge in [-0.2, -0.15) is 4.98 Å². The Morgan fingerprint density at radius 3 is 2.70 bits per heavy atom. The van der Waals surface area contributed by atoms with E-state index in [1.165, 1.54) is 0 Å². The Labute approximate surface area is 128 Å². The number of halogens is 1. The van der Waals surface area contributed by atoms with Crippen LogP contribution in [0.1, 0.15) is 37.3 Å². The minimum absolute atomic E-state index is 0. The van der Waals surface area contributed by atoms with Crippen molar-refractivity contribution in [2.75, 3.05) is 7.05 Å². The molecule has 9 heteroatoms. The smallest absolute Gasteiger partial charge is 0.229 e. The summed E-state index contributed by atoms with van der Waals surface area (Å²) in [6.07, 6.45) is 0. The lowest BCUT2D eigenvalue weighted by molar-refractivity contribution is 0.362. The first-order chi connectivity index (χ1) is 9.11. The van der Waals surface area contributed by atoms with Gasteiger partial charge in [-0.15, -0.1) is 22.6 Å². The number of nitrogens with zero attached hydrogens (tertiary/aromatic N) is 5. The van der Waals surface area contributed by atoms with Crippen LogP contribution in [0.15, 0.2) is 9.68 Å². The van der Waals surface area contributed by atoms with Crippen molar-refractivity contribution < 1.29 is 4.52 Å². The van der Waals surface area contributed by atoms with Crippen molar-refractivity contribution in [1.82, 2.24) is 30.2 Å². The van der Waals surface area contributed by atoms with Crippen molar-refractivity contribution >= 4 is 24.2 Å². The molecule has 0 spiro atoms. The Balaban J connectivity index is 0.00000200. The first kappa shape index (κ1) is 16.9. The Morgan fingerprint density at radius 1 is 1.35 bits per heavy atom. The van der Waals surface area contributed by atoms with Crippen LogP contribution in [-0.4, -0.2) is 32.0 Å². The molecule has 0 amide bonds. The molecule has 0 fully saturated rings. The van der Waals surface area contributed by atoms with E-state index in [1.54, 1.807) is 11.8 Å². The van der Waals surface area contributed by atoms with E-state index in [1.807, 2.05) is 32.5 Å². The van der Waals surface area contributed by atoms with Gasteiger partial charge in [0.15, 0.2) is 11.0 Å². The quantitative estimate of drug-likeness (QED) is 0.812. The molecule has 1 N–H and O–H groups in total. The van der Waals surface area contributed by atoms with Crippen molar-refractivity contribution in [1.29, 1.82) is 0 Å². The second-order valence-electron chi connectivity index (χ2n) is 4.48. The zero-order chi connectivity index (χ0) is 13.8. The highest BCUT2D eigenvalue weighted by molar-refractivity contribution is 7.98. The maximum atomic E-state index is 5.16. The van der Waals surface area contributed by atoms with Gasteiger partial charge in [0.1, 0.15) is 5.82 Å². The lowest BCUT2D eigenvalue weighted by Crippen LogP contribution is -2.10. The number of hydrogen-bond acceptors (Lipinski definition) is 7. The van der Waals surface area contributed by atoms with E-state index >= 15 is 0 Å². The highest BCUT2D eigenvalue weighted by Crippen LogP contribution is 2.20. The highest BCUT2D eigenvalue weighted by Gasteiger charge is 2.13. The van der Waals surface area contributed by atoms with Crippen molar-refractivity contribution in [3.63, 3.8) is 0 Å². The van der Waals surface area contributed by atoms with Gasteiger partial charge in [-0.25, -0.2) is 0 Å². The van der Waals surface area contributed by atoms with E-state index in [-0.39, 0.29) is 18.3 Å². The summed E-state index contributed by atoms with van der Waals surface area (Å²) >= 11 is 1.55. The van der Waals surface area contributed by atoms with Gasteiger partial charge < -0.3 is 14.4 Å². The third-order valence-corrected chi connectivity index (χ3v) is 3.58. The number of nitrogens with one attached hydrogen (secondary N) is 1. The summed E-state index contributed by atoms with van der Waals surface area (Å²) in [5.41, 5.74) is 0.